The zero-order valence-electron chi connectivity index (χ0n) is 16.6. The molecule has 1 aliphatic heterocycles. The molecule has 2 aromatic carbocycles. The Balaban J connectivity index is 1.44. The molecule has 9 heteroatoms. The van der Waals surface area contributed by atoms with Crippen LogP contribution in [-0.2, 0) is 26.0 Å². The predicted octanol–water partition coefficient (Wildman–Crippen LogP) is 2.47. The van der Waals surface area contributed by atoms with Crippen LogP contribution < -0.4 is 10.1 Å². The first-order chi connectivity index (χ1) is 14.9. The summed E-state index contributed by atoms with van der Waals surface area (Å²) < 4.78 is 39.6. The number of amides is 1. The standard InChI is InChI=1S/C22H21NO7S/c24-20(23-15-10-11-31(26,27)14-15)13-29-22(25)21-18(12-28-16-6-2-1-3-7-16)17-8-4-5-9-19(17)30-21/h1-9,15H,10-14H2,(H,23,24)/t15-/m1/s1. The third-order valence-electron chi connectivity index (χ3n) is 4.94. The lowest BCUT2D eigenvalue weighted by Gasteiger charge is -2.11. The maximum absolute atomic E-state index is 12.6. The van der Waals surface area contributed by atoms with E-state index in [1.165, 1.54) is 0 Å². The third kappa shape index (κ3) is 5.05. The van der Waals surface area contributed by atoms with Crippen LogP contribution in [0.15, 0.2) is 59.0 Å². The van der Waals surface area contributed by atoms with Crippen molar-refractivity contribution >= 4 is 32.7 Å². The van der Waals surface area contributed by atoms with Gasteiger partial charge in [-0.15, -0.1) is 0 Å². The molecule has 1 saturated heterocycles. The Morgan fingerprint density at radius 1 is 1.06 bits per heavy atom. The average Bonchev–Trinajstić information content (AvgIpc) is 3.30. The molecule has 2 heterocycles. The van der Waals surface area contributed by atoms with E-state index in [0.717, 1.165) is 0 Å². The number of fused-ring (bicyclic) bond motifs is 1. The van der Waals surface area contributed by atoms with Crippen LogP contribution in [0.25, 0.3) is 11.0 Å². The first-order valence-electron chi connectivity index (χ1n) is 9.76. The molecule has 8 nitrogen and oxygen atoms in total. The quantitative estimate of drug-likeness (QED) is 0.558. The number of rotatable bonds is 7. The lowest BCUT2D eigenvalue weighted by molar-refractivity contribution is -0.124. The van der Waals surface area contributed by atoms with Crippen LogP contribution in [0, 0.1) is 0 Å². The number of hydrogen-bond donors (Lipinski definition) is 1. The number of furan rings is 1. The molecule has 1 fully saturated rings. The molecule has 0 aliphatic carbocycles. The van der Waals surface area contributed by atoms with Gasteiger partial charge >= 0.3 is 5.97 Å². The fourth-order valence-corrected chi connectivity index (χ4v) is 5.13. The Kier molecular flexibility index (Phi) is 5.94. The molecule has 0 unspecified atom stereocenters. The molecule has 1 aromatic heterocycles. The van der Waals surface area contributed by atoms with Gasteiger partial charge in [-0.25, -0.2) is 13.2 Å². The molecule has 0 bridgehead atoms. The van der Waals surface area contributed by atoms with Gasteiger partial charge in [0.15, 0.2) is 16.4 Å². The molecule has 31 heavy (non-hydrogen) atoms. The predicted molar refractivity (Wildman–Crippen MR) is 112 cm³/mol. The Hall–Kier alpha value is -3.33. The summed E-state index contributed by atoms with van der Waals surface area (Å²) in [6.07, 6.45) is 0.354. The fourth-order valence-electron chi connectivity index (χ4n) is 3.45. The van der Waals surface area contributed by atoms with Gasteiger partial charge in [0.25, 0.3) is 5.91 Å². The summed E-state index contributed by atoms with van der Waals surface area (Å²) in [4.78, 5) is 24.7. The van der Waals surface area contributed by atoms with Crippen molar-refractivity contribution in [3.8, 4) is 5.75 Å². The molecule has 0 spiro atoms. The largest absolute Gasteiger partial charge is 0.489 e. The van der Waals surface area contributed by atoms with E-state index < -0.39 is 34.4 Å². The maximum atomic E-state index is 12.6. The second kappa shape index (κ2) is 8.81. The number of ether oxygens (including phenoxy) is 2. The van der Waals surface area contributed by atoms with Gasteiger partial charge in [-0.05, 0) is 24.6 Å². The van der Waals surface area contributed by atoms with E-state index in [1.54, 1.807) is 24.3 Å². The summed E-state index contributed by atoms with van der Waals surface area (Å²) in [5.41, 5.74) is 1.02. The minimum absolute atomic E-state index is 0.0339. The summed E-state index contributed by atoms with van der Waals surface area (Å²) in [5, 5.41) is 3.29. The normalized spacial score (nSPS) is 17.4. The Bertz CT molecular complexity index is 1200. The fraction of sp³-hybridized carbons (Fsp3) is 0.273. The number of carbonyl (C=O) groups is 2. The molecule has 162 valence electrons. The summed E-state index contributed by atoms with van der Waals surface area (Å²) in [7, 11) is -3.12. The number of esters is 1. The number of sulfone groups is 1. The highest BCUT2D eigenvalue weighted by Gasteiger charge is 2.29. The van der Waals surface area contributed by atoms with Crippen molar-refractivity contribution in [2.45, 2.75) is 19.1 Å². The van der Waals surface area contributed by atoms with Crippen LogP contribution in [0.2, 0.25) is 0 Å². The van der Waals surface area contributed by atoms with Crippen molar-refractivity contribution in [2.24, 2.45) is 0 Å². The van der Waals surface area contributed by atoms with E-state index >= 15 is 0 Å². The highest BCUT2D eigenvalue weighted by atomic mass is 32.2. The summed E-state index contributed by atoms with van der Waals surface area (Å²) in [6.45, 7) is -0.455. The maximum Gasteiger partial charge on any atom is 0.375 e. The topological polar surface area (TPSA) is 112 Å². The molecule has 1 atom stereocenters. The second-order valence-electron chi connectivity index (χ2n) is 7.25. The third-order valence-corrected chi connectivity index (χ3v) is 6.71. The molecule has 0 radical (unpaired) electrons. The van der Waals surface area contributed by atoms with Crippen LogP contribution in [-0.4, -0.2) is 44.4 Å². The molecule has 1 amide bonds. The number of nitrogens with one attached hydrogen (secondary N) is 1. The highest BCUT2D eigenvalue weighted by molar-refractivity contribution is 7.91. The zero-order chi connectivity index (χ0) is 21.8. The smallest absolute Gasteiger partial charge is 0.375 e. The number of hydrogen-bond acceptors (Lipinski definition) is 7. The first kappa shape index (κ1) is 20.9. The van der Waals surface area contributed by atoms with E-state index in [4.69, 9.17) is 13.9 Å². The molecule has 3 aromatic rings. The van der Waals surface area contributed by atoms with Crippen LogP contribution in [0.3, 0.4) is 0 Å². The number of benzene rings is 2. The van der Waals surface area contributed by atoms with Crippen LogP contribution in [0.4, 0.5) is 0 Å². The van der Waals surface area contributed by atoms with Crippen molar-refractivity contribution in [1.29, 1.82) is 0 Å². The summed E-state index contributed by atoms with van der Waals surface area (Å²) >= 11 is 0. The first-order valence-corrected chi connectivity index (χ1v) is 11.6. The van der Waals surface area contributed by atoms with Gasteiger partial charge in [-0.3, -0.25) is 4.79 Å². The Labute approximate surface area is 179 Å². The monoisotopic (exact) mass is 443 g/mol. The molecule has 0 saturated carbocycles. The van der Waals surface area contributed by atoms with Crippen molar-refractivity contribution in [2.75, 3.05) is 18.1 Å². The van der Waals surface area contributed by atoms with E-state index in [9.17, 15) is 18.0 Å². The SMILES string of the molecule is O=C(COC(=O)c1oc2ccccc2c1COc1ccccc1)N[C@@H]1CCS(=O)(=O)C1. The van der Waals surface area contributed by atoms with E-state index in [2.05, 4.69) is 5.32 Å². The van der Waals surface area contributed by atoms with E-state index in [-0.39, 0.29) is 23.9 Å². The zero-order valence-corrected chi connectivity index (χ0v) is 17.4. The number of para-hydroxylation sites is 2. The van der Waals surface area contributed by atoms with Gasteiger partial charge in [0.1, 0.15) is 17.9 Å². The lowest BCUT2D eigenvalue weighted by atomic mass is 10.1. The van der Waals surface area contributed by atoms with Crippen LogP contribution >= 0.6 is 0 Å². The molecule has 4 rings (SSSR count). The van der Waals surface area contributed by atoms with Gasteiger partial charge in [0.05, 0.1) is 17.1 Å². The minimum atomic E-state index is -3.12. The van der Waals surface area contributed by atoms with E-state index in [0.29, 0.717) is 28.7 Å². The molecule has 1 N–H and O–H groups in total. The van der Waals surface area contributed by atoms with Gasteiger partial charge in [0, 0.05) is 11.4 Å². The minimum Gasteiger partial charge on any atom is -0.489 e. The molecular weight excluding hydrogens is 422 g/mol. The van der Waals surface area contributed by atoms with Crippen molar-refractivity contribution in [1.82, 2.24) is 5.32 Å². The number of carbonyl (C=O) groups excluding carboxylic acids is 2. The van der Waals surface area contributed by atoms with Gasteiger partial charge in [0.2, 0.25) is 5.76 Å². The summed E-state index contributed by atoms with van der Waals surface area (Å²) in [5.74, 6) is -0.810. The van der Waals surface area contributed by atoms with Crippen molar-refractivity contribution in [3.05, 3.63) is 65.9 Å². The Morgan fingerprint density at radius 3 is 2.55 bits per heavy atom. The second-order valence-corrected chi connectivity index (χ2v) is 9.48. The Morgan fingerprint density at radius 2 is 1.81 bits per heavy atom. The molecular formula is C22H21NO7S. The van der Waals surface area contributed by atoms with Crippen LogP contribution in [0.1, 0.15) is 22.5 Å². The highest BCUT2D eigenvalue weighted by Crippen LogP contribution is 2.28. The molecule has 1 aliphatic rings. The van der Waals surface area contributed by atoms with E-state index in [1.807, 2.05) is 30.3 Å². The van der Waals surface area contributed by atoms with Gasteiger partial charge in [-0.2, -0.15) is 0 Å². The lowest BCUT2D eigenvalue weighted by Crippen LogP contribution is -2.38. The summed E-state index contributed by atoms with van der Waals surface area (Å²) in [6, 6.07) is 15.8. The van der Waals surface area contributed by atoms with Gasteiger partial charge in [-0.1, -0.05) is 36.4 Å². The van der Waals surface area contributed by atoms with Crippen LogP contribution in [0.5, 0.6) is 5.75 Å². The van der Waals surface area contributed by atoms with Gasteiger partial charge < -0.3 is 19.2 Å². The average molecular weight is 443 g/mol. The van der Waals surface area contributed by atoms with Crippen molar-refractivity contribution < 1.29 is 31.9 Å². The van der Waals surface area contributed by atoms with Crippen molar-refractivity contribution in [3.63, 3.8) is 0 Å².